The number of ether oxygens (including phenoxy) is 3. The lowest BCUT2D eigenvalue weighted by Crippen LogP contribution is -2.21. The van der Waals surface area contributed by atoms with Crippen molar-refractivity contribution in [3.8, 4) is 0 Å². The second-order valence-electron chi connectivity index (χ2n) is 2.86. The van der Waals surface area contributed by atoms with Gasteiger partial charge in [-0.2, -0.15) is 0 Å². The molecule has 0 spiro atoms. The van der Waals surface area contributed by atoms with Crippen LogP contribution in [0.3, 0.4) is 0 Å². The predicted octanol–water partition coefficient (Wildman–Crippen LogP) is 0.825. The number of rotatable bonds is 3. The van der Waals surface area contributed by atoms with E-state index in [1.54, 1.807) is 13.8 Å². The molecule has 1 aliphatic heterocycles. The molecule has 0 saturated carbocycles. The zero-order valence-corrected chi connectivity index (χ0v) is 7.15. The summed E-state index contributed by atoms with van der Waals surface area (Å²) in [4.78, 5) is 9.87. The fraction of sp³-hybridized carbons (Fsp3) is 0.625. The zero-order valence-electron chi connectivity index (χ0n) is 7.15. The van der Waals surface area contributed by atoms with E-state index in [0.29, 0.717) is 12.9 Å². The summed E-state index contributed by atoms with van der Waals surface area (Å²) in [5.74, 6) is -0.584. The Kier molecular flexibility index (Phi) is 2.83. The van der Waals surface area contributed by atoms with Crippen molar-refractivity contribution < 1.29 is 19.0 Å². The highest BCUT2D eigenvalue weighted by atomic mass is 16.8. The largest absolute Gasteiger partial charge is 0.470 e. The van der Waals surface area contributed by atoms with Crippen LogP contribution in [0.2, 0.25) is 0 Å². The highest BCUT2D eigenvalue weighted by Crippen LogP contribution is 2.22. The normalized spacial score (nSPS) is 27.7. The van der Waals surface area contributed by atoms with Crippen molar-refractivity contribution in [1.29, 1.82) is 0 Å². The Bertz CT molecular complexity index is 185. The van der Waals surface area contributed by atoms with Crippen molar-refractivity contribution in [1.82, 2.24) is 0 Å². The summed E-state index contributed by atoms with van der Waals surface area (Å²) in [6.45, 7) is 4.00. The smallest absolute Gasteiger partial charge is 0.225 e. The maximum Gasteiger partial charge on any atom is 0.225 e. The summed E-state index contributed by atoms with van der Waals surface area (Å²) in [5.41, 5.74) is 0. The van der Waals surface area contributed by atoms with Crippen LogP contribution in [0.15, 0.2) is 12.3 Å². The van der Waals surface area contributed by atoms with Crippen LogP contribution in [-0.2, 0) is 19.0 Å². The van der Waals surface area contributed by atoms with Gasteiger partial charge in [-0.15, -0.1) is 0 Å². The lowest BCUT2D eigenvalue weighted by Gasteiger charge is -2.15. The van der Waals surface area contributed by atoms with Gasteiger partial charge in [0.25, 0.3) is 0 Å². The minimum Gasteiger partial charge on any atom is -0.470 e. The van der Waals surface area contributed by atoms with Crippen molar-refractivity contribution >= 4 is 6.29 Å². The van der Waals surface area contributed by atoms with Crippen molar-refractivity contribution in [3.05, 3.63) is 12.3 Å². The van der Waals surface area contributed by atoms with Crippen molar-refractivity contribution in [2.45, 2.75) is 25.9 Å². The molecule has 0 aromatic heterocycles. The second kappa shape index (κ2) is 3.69. The second-order valence-corrected chi connectivity index (χ2v) is 2.86. The lowest BCUT2D eigenvalue weighted by molar-refractivity contribution is -0.176. The van der Waals surface area contributed by atoms with Gasteiger partial charge in [-0.1, -0.05) is 0 Å². The first kappa shape index (κ1) is 9.22. The molecule has 12 heavy (non-hydrogen) atoms. The molecule has 0 amide bonds. The zero-order chi connectivity index (χ0) is 9.03. The summed E-state index contributed by atoms with van der Waals surface area (Å²) >= 11 is 0. The molecule has 1 fully saturated rings. The Hall–Kier alpha value is -0.870. The Morgan fingerprint density at radius 1 is 1.58 bits per heavy atom. The van der Waals surface area contributed by atoms with E-state index >= 15 is 0 Å². The molecule has 1 atom stereocenters. The molecule has 0 N–H and O–H groups in total. The molecule has 1 heterocycles. The highest BCUT2D eigenvalue weighted by molar-refractivity contribution is 5.64. The molecule has 0 aromatic carbocycles. The van der Waals surface area contributed by atoms with Crippen LogP contribution in [0.5, 0.6) is 0 Å². The van der Waals surface area contributed by atoms with E-state index in [0.717, 1.165) is 0 Å². The standard InChI is InChI=1S/C8H12O4/c1-8(2)11-6-7(12-8)10-5-3-4-9/h3-5,7H,6H2,1-2H3/b5-3+. The third kappa shape index (κ3) is 2.64. The molecular weight excluding hydrogens is 160 g/mol. The summed E-state index contributed by atoms with van der Waals surface area (Å²) in [6.07, 6.45) is 2.79. The minimum atomic E-state index is -0.584. The van der Waals surface area contributed by atoms with Crippen LogP contribution in [0.4, 0.5) is 0 Å². The molecule has 4 nitrogen and oxygen atoms in total. The maximum absolute atomic E-state index is 9.87. The molecule has 0 aliphatic carbocycles. The van der Waals surface area contributed by atoms with Crippen molar-refractivity contribution in [3.63, 3.8) is 0 Å². The number of aldehydes is 1. The Morgan fingerprint density at radius 3 is 2.83 bits per heavy atom. The summed E-state index contributed by atoms with van der Waals surface area (Å²) in [7, 11) is 0. The maximum atomic E-state index is 9.87. The monoisotopic (exact) mass is 172 g/mol. The van der Waals surface area contributed by atoms with Crippen LogP contribution < -0.4 is 0 Å². The van der Waals surface area contributed by atoms with E-state index in [9.17, 15) is 4.79 Å². The van der Waals surface area contributed by atoms with E-state index in [1.807, 2.05) is 0 Å². The molecule has 0 aromatic rings. The number of hydrogen-bond donors (Lipinski definition) is 0. The predicted molar refractivity (Wildman–Crippen MR) is 41.2 cm³/mol. The van der Waals surface area contributed by atoms with E-state index in [4.69, 9.17) is 14.2 Å². The van der Waals surface area contributed by atoms with Crippen molar-refractivity contribution in [2.24, 2.45) is 0 Å². The molecular formula is C8H12O4. The first-order valence-electron chi connectivity index (χ1n) is 3.71. The van der Waals surface area contributed by atoms with Gasteiger partial charge in [-0.05, 0) is 13.8 Å². The van der Waals surface area contributed by atoms with E-state index in [1.165, 1.54) is 12.3 Å². The first-order chi connectivity index (χ1) is 5.64. The number of carbonyl (C=O) groups excluding carboxylic acids is 1. The van der Waals surface area contributed by atoms with Gasteiger partial charge in [-0.3, -0.25) is 4.79 Å². The average molecular weight is 172 g/mol. The molecule has 68 valence electrons. The van der Waals surface area contributed by atoms with Gasteiger partial charge in [0, 0.05) is 6.08 Å². The van der Waals surface area contributed by atoms with Crippen LogP contribution >= 0.6 is 0 Å². The van der Waals surface area contributed by atoms with Gasteiger partial charge in [-0.25, -0.2) is 0 Å². The third-order valence-corrected chi connectivity index (χ3v) is 1.37. The van der Waals surface area contributed by atoms with Gasteiger partial charge >= 0.3 is 0 Å². The molecule has 4 heteroatoms. The van der Waals surface area contributed by atoms with Crippen LogP contribution in [-0.4, -0.2) is 25.0 Å². The minimum absolute atomic E-state index is 0.385. The van der Waals surface area contributed by atoms with Gasteiger partial charge in [0.2, 0.25) is 6.29 Å². The Morgan fingerprint density at radius 2 is 2.33 bits per heavy atom. The molecule has 0 bridgehead atoms. The van der Waals surface area contributed by atoms with Crippen LogP contribution in [0.1, 0.15) is 13.8 Å². The van der Waals surface area contributed by atoms with Gasteiger partial charge in [0.05, 0.1) is 6.26 Å². The highest BCUT2D eigenvalue weighted by Gasteiger charge is 2.33. The molecule has 1 rings (SSSR count). The summed E-state index contributed by atoms with van der Waals surface area (Å²) in [5, 5.41) is 0. The fourth-order valence-corrected chi connectivity index (χ4v) is 0.885. The molecule has 1 aliphatic rings. The topological polar surface area (TPSA) is 44.8 Å². The quantitative estimate of drug-likeness (QED) is 0.359. The van der Waals surface area contributed by atoms with Crippen LogP contribution in [0.25, 0.3) is 0 Å². The molecule has 1 unspecified atom stereocenters. The first-order valence-corrected chi connectivity index (χ1v) is 3.71. The van der Waals surface area contributed by atoms with E-state index in [-0.39, 0.29) is 0 Å². The van der Waals surface area contributed by atoms with E-state index in [2.05, 4.69) is 0 Å². The third-order valence-electron chi connectivity index (χ3n) is 1.37. The molecule has 1 saturated heterocycles. The Balaban J connectivity index is 2.28. The summed E-state index contributed by atoms with van der Waals surface area (Å²) in [6, 6.07) is 0. The van der Waals surface area contributed by atoms with Gasteiger partial charge in [0.1, 0.15) is 12.9 Å². The van der Waals surface area contributed by atoms with Crippen molar-refractivity contribution in [2.75, 3.05) is 6.61 Å². The Labute approximate surface area is 71.1 Å². The van der Waals surface area contributed by atoms with Gasteiger partial charge in [0.15, 0.2) is 5.79 Å². The van der Waals surface area contributed by atoms with E-state index < -0.39 is 12.1 Å². The number of carbonyl (C=O) groups is 1. The lowest BCUT2D eigenvalue weighted by atomic mass is 10.4. The summed E-state index contributed by atoms with van der Waals surface area (Å²) < 4.78 is 15.5. The number of allylic oxidation sites excluding steroid dienone is 1. The fourth-order valence-electron chi connectivity index (χ4n) is 0.885. The SMILES string of the molecule is CC1(C)OCC(O/C=C/C=O)O1. The van der Waals surface area contributed by atoms with Gasteiger partial charge < -0.3 is 14.2 Å². The number of hydrogen-bond acceptors (Lipinski definition) is 4. The molecule has 0 radical (unpaired) electrons. The average Bonchev–Trinajstić information content (AvgIpc) is 2.31. The van der Waals surface area contributed by atoms with Crippen LogP contribution in [0, 0.1) is 0 Å².